The number of nitrogens with one attached hydrogen (secondary N) is 1. The first-order valence-electron chi connectivity index (χ1n) is 10.7. The molecule has 2 aromatic rings. The van der Waals surface area contributed by atoms with Crippen LogP contribution in [0.25, 0.3) is 0 Å². The highest BCUT2D eigenvalue weighted by molar-refractivity contribution is 5.71. The summed E-state index contributed by atoms with van der Waals surface area (Å²) in [5.74, 6) is -1.13. The van der Waals surface area contributed by atoms with Crippen molar-refractivity contribution in [3.8, 4) is 0 Å². The second-order valence-electron chi connectivity index (χ2n) is 8.26. The maximum Gasteiger partial charge on any atom is 0.307 e. The van der Waals surface area contributed by atoms with Crippen LogP contribution in [-0.4, -0.2) is 68.8 Å². The molecule has 2 saturated heterocycles. The van der Waals surface area contributed by atoms with E-state index in [2.05, 4.69) is 54.7 Å². The smallest absolute Gasteiger partial charge is 0.307 e. The van der Waals surface area contributed by atoms with Crippen molar-refractivity contribution in [3.63, 3.8) is 0 Å². The summed E-state index contributed by atoms with van der Waals surface area (Å²) < 4.78 is 0. The molecule has 3 atom stereocenters. The van der Waals surface area contributed by atoms with Crippen LogP contribution in [0.4, 0.5) is 5.69 Å². The van der Waals surface area contributed by atoms with Crippen LogP contribution >= 0.6 is 0 Å². The SMILES string of the molecule is CCCC(C(=O)O)C(Cc1ccc(N2CCN3CCCC3C2)cc1)c1nn[nH]n1. The summed E-state index contributed by atoms with van der Waals surface area (Å²) in [5.41, 5.74) is 2.35. The van der Waals surface area contributed by atoms with Crippen LogP contribution < -0.4 is 4.90 Å². The second kappa shape index (κ2) is 8.90. The van der Waals surface area contributed by atoms with Gasteiger partial charge in [0.2, 0.25) is 0 Å². The summed E-state index contributed by atoms with van der Waals surface area (Å²) in [5, 5.41) is 24.1. The lowest BCUT2D eigenvalue weighted by Gasteiger charge is -2.38. The molecule has 0 spiro atoms. The lowest BCUT2D eigenvalue weighted by Crippen LogP contribution is -2.50. The first kappa shape index (κ1) is 19.8. The fourth-order valence-corrected chi connectivity index (χ4v) is 4.87. The fraction of sp³-hybridized carbons (Fsp3) is 0.619. The zero-order valence-electron chi connectivity index (χ0n) is 17.0. The molecule has 3 unspecified atom stereocenters. The highest BCUT2D eigenvalue weighted by atomic mass is 16.4. The van der Waals surface area contributed by atoms with Crippen LogP contribution in [0.5, 0.6) is 0 Å². The lowest BCUT2D eigenvalue weighted by molar-refractivity contribution is -0.142. The van der Waals surface area contributed by atoms with Crippen molar-refractivity contribution in [2.24, 2.45) is 5.92 Å². The third-order valence-electron chi connectivity index (χ3n) is 6.44. The molecular weight excluding hydrogens is 368 g/mol. The number of carbonyl (C=O) groups is 1. The maximum atomic E-state index is 11.9. The van der Waals surface area contributed by atoms with Gasteiger partial charge in [0.15, 0.2) is 5.82 Å². The summed E-state index contributed by atoms with van der Waals surface area (Å²) in [6, 6.07) is 9.27. The summed E-state index contributed by atoms with van der Waals surface area (Å²) in [6.45, 7) is 6.56. The minimum absolute atomic E-state index is 0.293. The number of piperazine rings is 1. The van der Waals surface area contributed by atoms with E-state index >= 15 is 0 Å². The number of rotatable bonds is 8. The maximum absolute atomic E-state index is 11.9. The van der Waals surface area contributed by atoms with E-state index in [0.29, 0.717) is 24.7 Å². The highest BCUT2D eigenvalue weighted by Crippen LogP contribution is 2.31. The number of aromatic amines is 1. The van der Waals surface area contributed by atoms with E-state index in [4.69, 9.17) is 0 Å². The number of hydrogen-bond acceptors (Lipinski definition) is 6. The Kier molecular flexibility index (Phi) is 6.08. The molecule has 1 aromatic heterocycles. The van der Waals surface area contributed by atoms with Gasteiger partial charge in [-0.3, -0.25) is 9.69 Å². The number of hydrogen-bond donors (Lipinski definition) is 2. The quantitative estimate of drug-likeness (QED) is 0.704. The molecule has 8 heteroatoms. The molecule has 0 saturated carbocycles. The number of aromatic nitrogens is 4. The molecule has 0 radical (unpaired) electrons. The zero-order chi connectivity index (χ0) is 20.2. The minimum atomic E-state index is -0.798. The van der Waals surface area contributed by atoms with Gasteiger partial charge in [0.1, 0.15) is 0 Å². The Morgan fingerprint density at radius 2 is 2.10 bits per heavy atom. The molecule has 4 rings (SSSR count). The van der Waals surface area contributed by atoms with Crippen molar-refractivity contribution in [2.45, 2.75) is 51.0 Å². The standard InChI is InChI=1S/C21H30N6O2/c1-2-4-18(21(28)29)19(20-22-24-25-23-20)13-15-6-8-16(9-7-15)27-12-11-26-10-3-5-17(26)14-27/h6-9,17-19H,2-5,10-14H2,1H3,(H,28,29)(H,22,23,24,25). The molecular formula is C21H30N6O2. The highest BCUT2D eigenvalue weighted by Gasteiger charge is 2.33. The van der Waals surface area contributed by atoms with Crippen molar-refractivity contribution < 1.29 is 9.90 Å². The van der Waals surface area contributed by atoms with Crippen molar-refractivity contribution in [1.82, 2.24) is 25.5 Å². The van der Waals surface area contributed by atoms with Crippen molar-refractivity contribution in [1.29, 1.82) is 0 Å². The van der Waals surface area contributed by atoms with Gasteiger partial charge in [-0.25, -0.2) is 0 Å². The van der Waals surface area contributed by atoms with E-state index in [1.165, 1.54) is 25.1 Å². The molecule has 2 aliphatic heterocycles. The fourth-order valence-electron chi connectivity index (χ4n) is 4.87. The van der Waals surface area contributed by atoms with Gasteiger partial charge in [0.05, 0.1) is 5.92 Å². The van der Waals surface area contributed by atoms with Gasteiger partial charge in [0, 0.05) is 37.3 Å². The molecule has 2 aliphatic rings. The third kappa shape index (κ3) is 4.42. The van der Waals surface area contributed by atoms with Gasteiger partial charge in [-0.05, 0) is 49.9 Å². The molecule has 2 N–H and O–H groups in total. The summed E-state index contributed by atoms with van der Waals surface area (Å²) >= 11 is 0. The van der Waals surface area contributed by atoms with E-state index in [-0.39, 0.29) is 5.92 Å². The number of carboxylic acids is 1. The molecule has 0 bridgehead atoms. The van der Waals surface area contributed by atoms with Gasteiger partial charge in [0.25, 0.3) is 0 Å². The summed E-state index contributed by atoms with van der Waals surface area (Å²) in [4.78, 5) is 17.0. The molecule has 2 fully saturated rings. The Balaban J connectivity index is 1.47. The van der Waals surface area contributed by atoms with Crippen LogP contribution in [0, 0.1) is 5.92 Å². The Morgan fingerprint density at radius 3 is 2.79 bits per heavy atom. The molecule has 29 heavy (non-hydrogen) atoms. The number of nitrogens with zero attached hydrogens (tertiary/aromatic N) is 5. The predicted molar refractivity (Wildman–Crippen MR) is 110 cm³/mol. The van der Waals surface area contributed by atoms with E-state index < -0.39 is 11.9 Å². The number of fused-ring (bicyclic) bond motifs is 1. The van der Waals surface area contributed by atoms with Crippen molar-refractivity contribution in [2.75, 3.05) is 31.1 Å². The molecule has 1 aromatic carbocycles. The van der Waals surface area contributed by atoms with Crippen molar-refractivity contribution >= 4 is 11.7 Å². The molecule has 0 amide bonds. The third-order valence-corrected chi connectivity index (χ3v) is 6.44. The van der Waals surface area contributed by atoms with E-state index in [9.17, 15) is 9.90 Å². The summed E-state index contributed by atoms with van der Waals surface area (Å²) in [6.07, 6.45) is 4.61. The second-order valence-corrected chi connectivity index (χ2v) is 8.26. The Labute approximate surface area is 171 Å². The Morgan fingerprint density at radius 1 is 1.28 bits per heavy atom. The number of benzene rings is 1. The van der Waals surface area contributed by atoms with Crippen LogP contribution in [0.1, 0.15) is 49.9 Å². The van der Waals surface area contributed by atoms with Crippen LogP contribution in [-0.2, 0) is 11.2 Å². The Hall–Kier alpha value is -2.48. The number of tetrazole rings is 1. The van der Waals surface area contributed by atoms with Crippen LogP contribution in [0.15, 0.2) is 24.3 Å². The van der Waals surface area contributed by atoms with Gasteiger partial charge in [-0.2, -0.15) is 5.21 Å². The van der Waals surface area contributed by atoms with Gasteiger partial charge < -0.3 is 10.0 Å². The first-order chi connectivity index (χ1) is 14.2. The van der Waals surface area contributed by atoms with E-state index in [1.54, 1.807) is 0 Å². The number of H-pyrrole nitrogens is 1. The molecule has 3 heterocycles. The largest absolute Gasteiger partial charge is 0.481 e. The van der Waals surface area contributed by atoms with Crippen LogP contribution in [0.2, 0.25) is 0 Å². The van der Waals surface area contributed by atoms with Crippen molar-refractivity contribution in [3.05, 3.63) is 35.7 Å². The molecule has 0 aliphatic carbocycles. The lowest BCUT2D eigenvalue weighted by atomic mass is 9.83. The topological polar surface area (TPSA) is 98.2 Å². The normalized spacial score (nSPS) is 21.7. The van der Waals surface area contributed by atoms with E-state index in [1.807, 2.05) is 6.92 Å². The first-order valence-corrected chi connectivity index (χ1v) is 10.7. The van der Waals surface area contributed by atoms with E-state index in [0.717, 1.165) is 31.6 Å². The molecule has 156 valence electrons. The average Bonchev–Trinajstić information content (AvgIpc) is 3.42. The van der Waals surface area contributed by atoms with Crippen LogP contribution in [0.3, 0.4) is 0 Å². The number of anilines is 1. The average molecular weight is 399 g/mol. The number of aliphatic carboxylic acids is 1. The predicted octanol–water partition coefficient (Wildman–Crippen LogP) is 2.31. The van der Waals surface area contributed by atoms with Gasteiger partial charge in [-0.1, -0.05) is 30.7 Å². The Bertz CT molecular complexity index is 794. The van der Waals surface area contributed by atoms with Gasteiger partial charge >= 0.3 is 5.97 Å². The minimum Gasteiger partial charge on any atom is -0.481 e. The number of carboxylic acid groups (broad SMARTS) is 1. The zero-order valence-corrected chi connectivity index (χ0v) is 17.0. The summed E-state index contributed by atoms with van der Waals surface area (Å²) in [7, 11) is 0. The monoisotopic (exact) mass is 398 g/mol. The van der Waals surface area contributed by atoms with Gasteiger partial charge in [-0.15, -0.1) is 10.2 Å². The molecule has 8 nitrogen and oxygen atoms in total.